The molecular formula is C16H23FN2O3. The summed E-state index contributed by atoms with van der Waals surface area (Å²) in [5.41, 5.74) is 0.511. The molecule has 1 aromatic rings. The minimum absolute atomic E-state index is 0.0205. The summed E-state index contributed by atoms with van der Waals surface area (Å²) in [5.74, 6) is -1.52. The van der Waals surface area contributed by atoms with Crippen LogP contribution in [0.3, 0.4) is 0 Å². The second kappa shape index (κ2) is 9.17. The topological polar surface area (TPSA) is 61.8 Å². The Morgan fingerprint density at radius 3 is 2.86 bits per heavy atom. The van der Waals surface area contributed by atoms with E-state index in [1.807, 2.05) is 11.8 Å². The normalized spacial score (nSPS) is 12.0. The highest BCUT2D eigenvalue weighted by atomic mass is 19.1. The van der Waals surface area contributed by atoms with Crippen molar-refractivity contribution in [2.24, 2.45) is 0 Å². The zero-order valence-electron chi connectivity index (χ0n) is 13.0. The van der Waals surface area contributed by atoms with Crippen LogP contribution in [0.25, 0.3) is 0 Å². The van der Waals surface area contributed by atoms with Gasteiger partial charge in [0.15, 0.2) is 0 Å². The van der Waals surface area contributed by atoms with Crippen LogP contribution in [-0.4, -0.2) is 48.8 Å². The Labute approximate surface area is 130 Å². The smallest absolute Gasteiger partial charge is 0.336 e. The van der Waals surface area contributed by atoms with Crippen molar-refractivity contribution in [3.05, 3.63) is 47.9 Å². The van der Waals surface area contributed by atoms with Gasteiger partial charge in [-0.05, 0) is 36.9 Å². The highest BCUT2D eigenvalue weighted by Gasteiger charge is 2.14. The average Bonchev–Trinajstić information content (AvgIpc) is 2.49. The molecular weight excluding hydrogens is 287 g/mol. The number of carbonyl (C=O) groups is 1. The number of halogens is 1. The molecule has 0 fully saturated rings. The second-order valence-electron chi connectivity index (χ2n) is 4.91. The van der Waals surface area contributed by atoms with Crippen molar-refractivity contribution >= 4 is 5.97 Å². The van der Waals surface area contributed by atoms with E-state index in [-0.39, 0.29) is 18.2 Å². The first kappa shape index (κ1) is 18.1. The maximum atomic E-state index is 13.3. The van der Waals surface area contributed by atoms with Gasteiger partial charge in [0, 0.05) is 32.8 Å². The molecule has 1 aromatic carbocycles. The van der Waals surface area contributed by atoms with E-state index in [9.17, 15) is 9.18 Å². The van der Waals surface area contributed by atoms with E-state index in [2.05, 4.69) is 11.9 Å². The third-order valence-electron chi connectivity index (χ3n) is 3.37. The van der Waals surface area contributed by atoms with Crippen LogP contribution in [0.15, 0.2) is 31.0 Å². The molecule has 6 heteroatoms. The molecule has 2 N–H and O–H groups in total. The van der Waals surface area contributed by atoms with Crippen LogP contribution in [0, 0.1) is 5.82 Å². The highest BCUT2D eigenvalue weighted by molar-refractivity contribution is 5.89. The number of benzene rings is 1. The summed E-state index contributed by atoms with van der Waals surface area (Å²) < 4.78 is 18.5. The van der Waals surface area contributed by atoms with Gasteiger partial charge in [0.2, 0.25) is 0 Å². The third-order valence-corrected chi connectivity index (χ3v) is 3.37. The van der Waals surface area contributed by atoms with Gasteiger partial charge >= 0.3 is 5.97 Å². The number of likely N-dealkylation sites (N-methyl/N-ethyl adjacent to an activating group) is 1. The van der Waals surface area contributed by atoms with Gasteiger partial charge in [0.25, 0.3) is 0 Å². The fourth-order valence-corrected chi connectivity index (χ4v) is 2.16. The van der Waals surface area contributed by atoms with Gasteiger partial charge < -0.3 is 20.1 Å². The van der Waals surface area contributed by atoms with Crippen LogP contribution >= 0.6 is 0 Å². The lowest BCUT2D eigenvalue weighted by atomic mass is 10.1. The van der Waals surface area contributed by atoms with Crippen LogP contribution in [0.5, 0.6) is 0 Å². The molecule has 0 amide bonds. The van der Waals surface area contributed by atoms with E-state index in [4.69, 9.17) is 9.84 Å². The largest absolute Gasteiger partial charge is 0.478 e. The number of aromatic carboxylic acids is 1. The number of hydrogen-bond acceptors (Lipinski definition) is 4. The Balaban J connectivity index is 2.77. The lowest BCUT2D eigenvalue weighted by Crippen LogP contribution is -2.42. The zero-order chi connectivity index (χ0) is 16.5. The van der Waals surface area contributed by atoms with Crippen LogP contribution < -0.4 is 5.32 Å². The van der Waals surface area contributed by atoms with Gasteiger partial charge in [-0.25, -0.2) is 9.18 Å². The van der Waals surface area contributed by atoms with Crippen molar-refractivity contribution in [2.75, 3.05) is 26.8 Å². The van der Waals surface area contributed by atoms with Crippen molar-refractivity contribution in [1.29, 1.82) is 0 Å². The molecule has 5 nitrogen and oxygen atoms in total. The van der Waals surface area contributed by atoms with Crippen molar-refractivity contribution < 1.29 is 19.0 Å². The molecule has 0 aliphatic carbocycles. The molecule has 0 aromatic heterocycles. The summed E-state index contributed by atoms with van der Waals surface area (Å²) in [6.45, 7) is 7.95. The van der Waals surface area contributed by atoms with Crippen molar-refractivity contribution in [3.8, 4) is 0 Å². The van der Waals surface area contributed by atoms with Crippen LogP contribution in [0.4, 0.5) is 4.39 Å². The van der Waals surface area contributed by atoms with Gasteiger partial charge in [-0.3, -0.25) is 0 Å². The number of ether oxygens (including phenoxy) is 1. The van der Waals surface area contributed by atoms with Crippen LogP contribution in [0.2, 0.25) is 0 Å². The van der Waals surface area contributed by atoms with Gasteiger partial charge in [0.1, 0.15) is 5.82 Å². The Morgan fingerprint density at radius 2 is 2.32 bits per heavy atom. The summed E-state index contributed by atoms with van der Waals surface area (Å²) in [5, 5.41) is 12.4. The van der Waals surface area contributed by atoms with Gasteiger partial charge in [0.05, 0.1) is 12.2 Å². The van der Waals surface area contributed by atoms with Crippen molar-refractivity contribution in [1.82, 2.24) is 10.2 Å². The van der Waals surface area contributed by atoms with E-state index < -0.39 is 11.8 Å². The maximum absolute atomic E-state index is 13.3. The first-order valence-corrected chi connectivity index (χ1v) is 7.12. The SMILES string of the molecule is C=CN(CC)C[C@H](COC)NCc1cc(F)ccc1C(=O)O. The lowest BCUT2D eigenvalue weighted by molar-refractivity contribution is 0.0695. The molecule has 0 aliphatic rings. The van der Waals surface area contributed by atoms with Crippen molar-refractivity contribution in [2.45, 2.75) is 19.5 Å². The summed E-state index contributed by atoms with van der Waals surface area (Å²) >= 11 is 0. The van der Waals surface area contributed by atoms with Crippen molar-refractivity contribution in [3.63, 3.8) is 0 Å². The number of carboxylic acid groups (broad SMARTS) is 1. The molecule has 0 radical (unpaired) electrons. The number of rotatable bonds is 10. The fourth-order valence-electron chi connectivity index (χ4n) is 2.16. The van der Waals surface area contributed by atoms with Crippen LogP contribution in [-0.2, 0) is 11.3 Å². The minimum atomic E-state index is -1.07. The number of nitrogens with one attached hydrogen (secondary N) is 1. The molecule has 0 spiro atoms. The molecule has 0 saturated heterocycles. The summed E-state index contributed by atoms with van der Waals surface area (Å²) in [6, 6.07) is 3.65. The first-order chi connectivity index (χ1) is 10.5. The predicted molar refractivity (Wildman–Crippen MR) is 83.3 cm³/mol. The van der Waals surface area contributed by atoms with E-state index in [1.54, 1.807) is 13.3 Å². The lowest BCUT2D eigenvalue weighted by Gasteiger charge is -2.25. The van der Waals surface area contributed by atoms with E-state index in [0.717, 1.165) is 12.6 Å². The molecule has 0 saturated carbocycles. The molecule has 0 aliphatic heterocycles. The van der Waals surface area contributed by atoms with Gasteiger partial charge in [-0.1, -0.05) is 6.58 Å². The molecule has 0 bridgehead atoms. The second-order valence-corrected chi connectivity index (χ2v) is 4.91. The molecule has 1 rings (SSSR count). The van der Waals surface area contributed by atoms with Gasteiger partial charge in [-0.2, -0.15) is 0 Å². The third kappa shape index (κ3) is 5.46. The monoisotopic (exact) mass is 310 g/mol. The summed E-state index contributed by atoms with van der Waals surface area (Å²) in [6.07, 6.45) is 1.75. The molecule has 22 heavy (non-hydrogen) atoms. The number of carboxylic acids is 1. The molecule has 1 atom stereocenters. The Kier molecular flexibility index (Phi) is 7.56. The van der Waals surface area contributed by atoms with E-state index in [1.165, 1.54) is 12.1 Å². The fraction of sp³-hybridized carbons (Fsp3) is 0.438. The minimum Gasteiger partial charge on any atom is -0.478 e. The summed E-state index contributed by atoms with van der Waals surface area (Å²) in [7, 11) is 1.60. The Hall–Kier alpha value is -1.92. The highest BCUT2D eigenvalue weighted by Crippen LogP contribution is 2.12. The zero-order valence-corrected chi connectivity index (χ0v) is 13.0. The van der Waals surface area contributed by atoms with Crippen LogP contribution in [0.1, 0.15) is 22.8 Å². The Morgan fingerprint density at radius 1 is 1.59 bits per heavy atom. The van der Waals surface area contributed by atoms with E-state index in [0.29, 0.717) is 18.7 Å². The number of nitrogens with zero attached hydrogens (tertiary/aromatic N) is 1. The average molecular weight is 310 g/mol. The number of hydrogen-bond donors (Lipinski definition) is 2. The molecule has 122 valence electrons. The van der Waals surface area contributed by atoms with E-state index >= 15 is 0 Å². The standard InChI is InChI=1S/C16H23FN2O3/c1-4-19(5-2)10-14(11-22-3)18-9-12-8-13(17)6-7-15(12)16(20)21/h4,6-8,14,18H,1,5,9-11H2,2-3H3,(H,20,21)/t14-/m1/s1. The summed E-state index contributed by atoms with van der Waals surface area (Å²) in [4.78, 5) is 13.2. The molecule has 0 heterocycles. The predicted octanol–water partition coefficient (Wildman–Crippen LogP) is 2.09. The van der Waals surface area contributed by atoms with Gasteiger partial charge in [-0.15, -0.1) is 0 Å². The molecule has 0 unspecified atom stereocenters. The maximum Gasteiger partial charge on any atom is 0.336 e. The Bertz CT molecular complexity index is 508. The quantitative estimate of drug-likeness (QED) is 0.693. The first-order valence-electron chi connectivity index (χ1n) is 7.12. The number of methoxy groups -OCH3 is 1.